The first kappa shape index (κ1) is 19.9. The van der Waals surface area contributed by atoms with E-state index >= 15 is 0 Å². The van der Waals surface area contributed by atoms with E-state index in [0.29, 0.717) is 11.6 Å². The van der Waals surface area contributed by atoms with Crippen LogP contribution in [0.4, 0.5) is 0 Å². The fourth-order valence-corrected chi connectivity index (χ4v) is 3.30. The number of unbranched alkanes of at least 4 members (excludes halogenated alkanes) is 1. The lowest BCUT2D eigenvalue weighted by molar-refractivity contribution is -0.121. The molecule has 0 aliphatic rings. The molecule has 0 fully saturated rings. The van der Waals surface area contributed by atoms with Crippen molar-refractivity contribution in [2.24, 2.45) is 5.73 Å². The first-order chi connectivity index (χ1) is 10.8. The highest BCUT2D eigenvalue weighted by atomic mass is 35.5. The largest absolute Gasteiger partial charge is 0.351 e. The molecule has 23 heavy (non-hydrogen) atoms. The summed E-state index contributed by atoms with van der Waals surface area (Å²) in [5.74, 6) is -0.364. The third kappa shape index (κ3) is 6.10. The molecular formula is C15H24ClN3O3S. The highest BCUT2D eigenvalue weighted by molar-refractivity contribution is 7.89. The Bertz CT molecular complexity index is 605. The van der Waals surface area contributed by atoms with Gasteiger partial charge >= 0.3 is 0 Å². The number of likely N-dealkylation sites (N-methyl/N-ethyl adjacent to an activating group) is 1. The van der Waals surface area contributed by atoms with Crippen molar-refractivity contribution >= 4 is 27.5 Å². The monoisotopic (exact) mass is 361 g/mol. The topological polar surface area (TPSA) is 92.5 Å². The van der Waals surface area contributed by atoms with Crippen LogP contribution in [0.25, 0.3) is 0 Å². The highest BCUT2D eigenvalue weighted by Crippen LogP contribution is 2.17. The minimum atomic E-state index is -3.73. The van der Waals surface area contributed by atoms with E-state index < -0.39 is 10.0 Å². The normalized spacial score (nSPS) is 13.1. The number of nitrogens with zero attached hydrogens (tertiary/aromatic N) is 1. The molecule has 0 saturated carbocycles. The van der Waals surface area contributed by atoms with Crippen molar-refractivity contribution in [1.82, 2.24) is 9.62 Å². The minimum Gasteiger partial charge on any atom is -0.351 e. The minimum absolute atomic E-state index is 0.0959. The maximum Gasteiger partial charge on any atom is 0.243 e. The van der Waals surface area contributed by atoms with Gasteiger partial charge in [0.15, 0.2) is 0 Å². The number of halogens is 1. The molecule has 8 heteroatoms. The number of rotatable bonds is 9. The third-order valence-electron chi connectivity index (χ3n) is 3.44. The Morgan fingerprint density at radius 3 is 2.48 bits per heavy atom. The van der Waals surface area contributed by atoms with Gasteiger partial charge < -0.3 is 11.1 Å². The molecular weight excluding hydrogens is 338 g/mol. The van der Waals surface area contributed by atoms with Crippen molar-refractivity contribution in [1.29, 1.82) is 0 Å². The summed E-state index contributed by atoms with van der Waals surface area (Å²) in [5.41, 5.74) is 5.62. The van der Waals surface area contributed by atoms with Gasteiger partial charge in [0.05, 0.1) is 11.4 Å². The van der Waals surface area contributed by atoms with E-state index in [2.05, 4.69) is 12.2 Å². The van der Waals surface area contributed by atoms with Crippen LogP contribution in [0.3, 0.4) is 0 Å². The van der Waals surface area contributed by atoms with Crippen LogP contribution in [0.5, 0.6) is 0 Å². The predicted octanol–water partition coefficient (Wildman–Crippen LogP) is 1.59. The summed E-state index contributed by atoms with van der Waals surface area (Å²) in [6.07, 6.45) is 2.75. The lowest BCUT2D eigenvalue weighted by atomic mass is 10.1. The maximum atomic E-state index is 12.4. The van der Waals surface area contributed by atoms with Crippen LogP contribution < -0.4 is 11.1 Å². The SMILES string of the molecule is CCCCC(CN)NC(=O)CN(C)S(=O)(=O)c1ccc(Cl)cc1. The number of hydrogen-bond donors (Lipinski definition) is 2. The molecule has 1 unspecified atom stereocenters. The summed E-state index contributed by atoms with van der Waals surface area (Å²) >= 11 is 5.76. The first-order valence-electron chi connectivity index (χ1n) is 7.52. The van der Waals surface area contributed by atoms with Gasteiger partial charge in [-0.25, -0.2) is 8.42 Å². The van der Waals surface area contributed by atoms with Crippen molar-refractivity contribution in [3.63, 3.8) is 0 Å². The number of nitrogens with one attached hydrogen (secondary N) is 1. The standard InChI is InChI=1S/C15H24ClN3O3S/c1-3-4-5-13(10-17)18-15(20)11-19(2)23(21,22)14-8-6-12(16)7-9-14/h6-9,13H,3-5,10-11,17H2,1-2H3,(H,18,20). The van der Waals surface area contributed by atoms with Gasteiger partial charge in [-0.3, -0.25) is 4.79 Å². The average Bonchev–Trinajstić information content (AvgIpc) is 2.51. The van der Waals surface area contributed by atoms with Crippen molar-refractivity contribution in [3.05, 3.63) is 29.3 Å². The molecule has 0 aliphatic heterocycles. The van der Waals surface area contributed by atoms with E-state index in [9.17, 15) is 13.2 Å². The second-order valence-corrected chi connectivity index (χ2v) is 7.84. The van der Waals surface area contributed by atoms with Crippen LogP contribution in [0.1, 0.15) is 26.2 Å². The van der Waals surface area contributed by atoms with Gasteiger partial charge in [-0.2, -0.15) is 4.31 Å². The zero-order chi connectivity index (χ0) is 17.5. The Balaban J connectivity index is 2.68. The van der Waals surface area contributed by atoms with Crippen LogP contribution in [0.15, 0.2) is 29.2 Å². The maximum absolute atomic E-state index is 12.4. The molecule has 0 bridgehead atoms. The molecule has 1 rings (SSSR count). The molecule has 0 aliphatic carbocycles. The molecule has 0 saturated heterocycles. The number of benzene rings is 1. The smallest absolute Gasteiger partial charge is 0.243 e. The second-order valence-electron chi connectivity index (χ2n) is 5.36. The number of nitrogens with two attached hydrogens (primary N) is 1. The lowest BCUT2D eigenvalue weighted by Gasteiger charge is -2.20. The van der Waals surface area contributed by atoms with Crippen molar-refractivity contribution in [2.45, 2.75) is 37.1 Å². The van der Waals surface area contributed by atoms with Crippen molar-refractivity contribution < 1.29 is 13.2 Å². The Hall–Kier alpha value is -1.15. The molecule has 1 aromatic rings. The molecule has 0 spiro atoms. The molecule has 3 N–H and O–H groups in total. The summed E-state index contributed by atoms with van der Waals surface area (Å²) < 4.78 is 25.8. The molecule has 1 atom stereocenters. The van der Waals surface area contributed by atoms with Gasteiger partial charge in [0.1, 0.15) is 0 Å². The van der Waals surface area contributed by atoms with Crippen LogP contribution >= 0.6 is 11.6 Å². The molecule has 1 amide bonds. The van der Waals surface area contributed by atoms with E-state index in [0.717, 1.165) is 23.6 Å². The van der Waals surface area contributed by atoms with E-state index in [4.69, 9.17) is 17.3 Å². The highest BCUT2D eigenvalue weighted by Gasteiger charge is 2.23. The van der Waals surface area contributed by atoms with E-state index in [-0.39, 0.29) is 23.4 Å². The summed E-state index contributed by atoms with van der Waals surface area (Å²) in [6, 6.07) is 5.69. The number of sulfonamides is 1. The average molecular weight is 362 g/mol. The zero-order valence-electron chi connectivity index (χ0n) is 13.5. The quantitative estimate of drug-likeness (QED) is 0.698. The first-order valence-corrected chi connectivity index (χ1v) is 9.34. The van der Waals surface area contributed by atoms with Gasteiger partial charge in [0.25, 0.3) is 0 Å². The fraction of sp³-hybridized carbons (Fsp3) is 0.533. The number of amides is 1. The summed E-state index contributed by atoms with van der Waals surface area (Å²) in [7, 11) is -2.36. The van der Waals surface area contributed by atoms with Gasteiger partial charge in [-0.15, -0.1) is 0 Å². The van der Waals surface area contributed by atoms with Crippen molar-refractivity contribution in [3.8, 4) is 0 Å². The zero-order valence-corrected chi connectivity index (χ0v) is 15.0. The van der Waals surface area contributed by atoms with Crippen LogP contribution in [0, 0.1) is 0 Å². The molecule has 1 aromatic carbocycles. The number of carbonyl (C=O) groups is 1. The summed E-state index contributed by atoms with van der Waals surface area (Å²) in [6.45, 7) is 2.13. The van der Waals surface area contributed by atoms with Gasteiger partial charge in [0, 0.05) is 24.7 Å². The summed E-state index contributed by atoms with van der Waals surface area (Å²) in [5, 5.41) is 3.22. The van der Waals surface area contributed by atoms with Crippen molar-refractivity contribution in [2.75, 3.05) is 20.1 Å². The summed E-state index contributed by atoms with van der Waals surface area (Å²) in [4.78, 5) is 12.1. The van der Waals surface area contributed by atoms with E-state index in [1.165, 1.54) is 31.3 Å². The molecule has 0 radical (unpaired) electrons. The number of carbonyl (C=O) groups excluding carboxylic acids is 1. The van der Waals surface area contributed by atoms with E-state index in [1.807, 2.05) is 0 Å². The molecule has 0 heterocycles. The van der Waals surface area contributed by atoms with E-state index in [1.54, 1.807) is 0 Å². The van der Waals surface area contributed by atoms with Gasteiger partial charge in [0.2, 0.25) is 15.9 Å². The number of hydrogen-bond acceptors (Lipinski definition) is 4. The third-order valence-corrected chi connectivity index (χ3v) is 5.51. The van der Waals surface area contributed by atoms with Gasteiger partial charge in [-0.05, 0) is 30.7 Å². The van der Waals surface area contributed by atoms with Gasteiger partial charge in [-0.1, -0.05) is 31.4 Å². The molecule has 130 valence electrons. The Morgan fingerprint density at radius 1 is 1.35 bits per heavy atom. The Morgan fingerprint density at radius 2 is 1.96 bits per heavy atom. The fourth-order valence-electron chi connectivity index (χ4n) is 2.05. The second kappa shape index (κ2) is 9.22. The van der Waals surface area contributed by atoms with Crippen LogP contribution in [-0.2, 0) is 14.8 Å². The Labute approximate surface area is 143 Å². The Kier molecular flexibility index (Phi) is 7.98. The van der Waals surface area contributed by atoms with Crippen LogP contribution in [0.2, 0.25) is 5.02 Å². The lowest BCUT2D eigenvalue weighted by Crippen LogP contribution is -2.45. The molecule has 6 nitrogen and oxygen atoms in total. The molecule has 0 aromatic heterocycles. The van der Waals surface area contributed by atoms with Crippen LogP contribution in [-0.4, -0.2) is 44.8 Å². The predicted molar refractivity (Wildman–Crippen MR) is 91.8 cm³/mol.